The summed E-state index contributed by atoms with van der Waals surface area (Å²) in [5, 5.41) is 7.17. The molecule has 8 nitrogen and oxygen atoms in total. The van der Waals surface area contributed by atoms with Crippen LogP contribution in [0.1, 0.15) is 6.42 Å². The Balaban J connectivity index is 1.90. The molecule has 0 aromatic carbocycles. The van der Waals surface area contributed by atoms with Gasteiger partial charge in [0.1, 0.15) is 0 Å². The Morgan fingerprint density at radius 2 is 2.05 bits per heavy atom. The molecule has 1 N–H and O–H groups in total. The first-order valence-corrected chi connectivity index (χ1v) is 7.02. The first-order chi connectivity index (χ1) is 10.2. The van der Waals surface area contributed by atoms with Crippen LogP contribution in [-0.2, 0) is 0 Å². The molecular weight excluding hydrogens is 268 g/mol. The second-order valence-electron chi connectivity index (χ2n) is 5.31. The predicted octanol–water partition coefficient (Wildman–Crippen LogP) is 0.239. The minimum Gasteiger partial charge on any atom is -0.357 e. The summed E-state index contributed by atoms with van der Waals surface area (Å²) in [5.41, 5.74) is 0. The Labute approximate surface area is 123 Å². The largest absolute Gasteiger partial charge is 0.357 e. The Morgan fingerprint density at radius 1 is 1.24 bits per heavy atom. The van der Waals surface area contributed by atoms with Gasteiger partial charge in [-0.05, 0) is 26.6 Å². The molecule has 21 heavy (non-hydrogen) atoms. The lowest BCUT2D eigenvalue weighted by atomic mass is 10.2. The first-order valence-electron chi connectivity index (χ1n) is 7.02. The number of rotatable bonds is 4. The Kier molecular flexibility index (Phi) is 3.70. The summed E-state index contributed by atoms with van der Waals surface area (Å²) >= 11 is 0. The van der Waals surface area contributed by atoms with Crippen LogP contribution in [0.4, 0.5) is 11.9 Å². The lowest BCUT2D eigenvalue weighted by Crippen LogP contribution is -2.32. The second kappa shape index (κ2) is 5.65. The molecule has 8 heteroatoms. The van der Waals surface area contributed by atoms with E-state index in [9.17, 15) is 0 Å². The van der Waals surface area contributed by atoms with Crippen molar-refractivity contribution in [3.8, 4) is 5.95 Å². The number of aromatic nitrogens is 5. The molecule has 112 valence electrons. The fourth-order valence-corrected chi connectivity index (χ4v) is 2.44. The number of hydrogen-bond acceptors (Lipinski definition) is 7. The predicted molar refractivity (Wildman–Crippen MR) is 80.8 cm³/mol. The van der Waals surface area contributed by atoms with Gasteiger partial charge in [-0.25, -0.2) is 4.68 Å². The molecule has 3 rings (SSSR count). The highest BCUT2D eigenvalue weighted by Crippen LogP contribution is 2.20. The Hall–Kier alpha value is -2.22. The van der Waals surface area contributed by atoms with Gasteiger partial charge in [0.15, 0.2) is 0 Å². The van der Waals surface area contributed by atoms with E-state index in [0.29, 0.717) is 23.9 Å². The van der Waals surface area contributed by atoms with Gasteiger partial charge in [0.25, 0.3) is 5.95 Å². The molecule has 1 unspecified atom stereocenters. The van der Waals surface area contributed by atoms with Crippen molar-refractivity contribution in [3.05, 3.63) is 18.5 Å². The average Bonchev–Trinajstić information content (AvgIpc) is 3.18. The average molecular weight is 288 g/mol. The van der Waals surface area contributed by atoms with Crippen molar-refractivity contribution in [2.24, 2.45) is 0 Å². The molecule has 0 amide bonds. The van der Waals surface area contributed by atoms with E-state index in [1.807, 2.05) is 12.3 Å². The standard InChI is InChI=1S/C13H20N8/c1-14-11-16-12(20-8-5-10(9-20)19(2)3)18-13(17-11)21-7-4-6-15-21/h4,6-7,10H,5,8-9H2,1-3H3,(H,14,16,17,18). The molecule has 2 aromatic heterocycles. The number of anilines is 2. The number of likely N-dealkylation sites (N-methyl/N-ethyl adjacent to an activating group) is 1. The molecule has 0 bridgehead atoms. The third kappa shape index (κ3) is 2.80. The molecular formula is C13H20N8. The van der Waals surface area contributed by atoms with Crippen LogP contribution >= 0.6 is 0 Å². The molecule has 2 aromatic rings. The fourth-order valence-electron chi connectivity index (χ4n) is 2.44. The van der Waals surface area contributed by atoms with Gasteiger partial charge in [-0.3, -0.25) is 0 Å². The van der Waals surface area contributed by atoms with Gasteiger partial charge in [-0.1, -0.05) is 0 Å². The van der Waals surface area contributed by atoms with Crippen LogP contribution in [-0.4, -0.2) is 69.9 Å². The van der Waals surface area contributed by atoms with Crippen molar-refractivity contribution in [1.29, 1.82) is 0 Å². The van der Waals surface area contributed by atoms with Crippen molar-refractivity contribution in [1.82, 2.24) is 29.6 Å². The van der Waals surface area contributed by atoms with Crippen molar-refractivity contribution < 1.29 is 0 Å². The highest BCUT2D eigenvalue weighted by molar-refractivity contribution is 5.40. The molecule has 1 fully saturated rings. The topological polar surface area (TPSA) is 75.0 Å². The van der Waals surface area contributed by atoms with Crippen LogP contribution in [0.25, 0.3) is 5.95 Å². The minimum absolute atomic E-state index is 0.530. The van der Waals surface area contributed by atoms with E-state index in [1.54, 1.807) is 17.9 Å². The number of nitrogens with zero attached hydrogens (tertiary/aromatic N) is 7. The van der Waals surface area contributed by atoms with Gasteiger partial charge in [-0.15, -0.1) is 0 Å². The van der Waals surface area contributed by atoms with E-state index in [4.69, 9.17) is 0 Å². The van der Waals surface area contributed by atoms with E-state index in [-0.39, 0.29) is 0 Å². The lowest BCUT2D eigenvalue weighted by Gasteiger charge is -2.20. The van der Waals surface area contributed by atoms with E-state index in [1.165, 1.54) is 0 Å². The van der Waals surface area contributed by atoms with E-state index < -0.39 is 0 Å². The normalized spacial score (nSPS) is 18.5. The van der Waals surface area contributed by atoms with Gasteiger partial charge >= 0.3 is 0 Å². The zero-order valence-electron chi connectivity index (χ0n) is 12.6. The highest BCUT2D eigenvalue weighted by Gasteiger charge is 2.26. The molecule has 0 saturated carbocycles. The monoisotopic (exact) mass is 288 g/mol. The van der Waals surface area contributed by atoms with Gasteiger partial charge in [0, 0.05) is 38.6 Å². The van der Waals surface area contributed by atoms with Gasteiger partial charge in [0.05, 0.1) is 0 Å². The van der Waals surface area contributed by atoms with Gasteiger partial charge in [0.2, 0.25) is 11.9 Å². The molecule has 3 heterocycles. The summed E-state index contributed by atoms with van der Waals surface area (Å²) in [6.45, 7) is 1.88. The highest BCUT2D eigenvalue weighted by atomic mass is 15.4. The number of hydrogen-bond donors (Lipinski definition) is 1. The van der Waals surface area contributed by atoms with Crippen LogP contribution in [0.3, 0.4) is 0 Å². The quantitative estimate of drug-likeness (QED) is 0.863. The fraction of sp³-hybridized carbons (Fsp3) is 0.538. The zero-order valence-corrected chi connectivity index (χ0v) is 12.6. The van der Waals surface area contributed by atoms with E-state index in [0.717, 1.165) is 19.5 Å². The SMILES string of the molecule is CNc1nc(N2CCC(N(C)C)C2)nc(-n2cccn2)n1. The maximum Gasteiger partial charge on any atom is 0.257 e. The summed E-state index contributed by atoms with van der Waals surface area (Å²) in [7, 11) is 6.02. The second-order valence-corrected chi connectivity index (χ2v) is 5.31. The summed E-state index contributed by atoms with van der Waals surface area (Å²) < 4.78 is 1.64. The summed E-state index contributed by atoms with van der Waals surface area (Å²) in [6.07, 6.45) is 4.65. The summed E-state index contributed by atoms with van der Waals surface area (Å²) in [6, 6.07) is 2.38. The van der Waals surface area contributed by atoms with Crippen LogP contribution in [0.5, 0.6) is 0 Å². The Morgan fingerprint density at radius 3 is 2.67 bits per heavy atom. The molecule has 0 radical (unpaired) electrons. The summed E-state index contributed by atoms with van der Waals surface area (Å²) in [5.74, 6) is 1.78. The van der Waals surface area contributed by atoms with E-state index in [2.05, 4.69) is 49.3 Å². The molecule has 1 aliphatic heterocycles. The molecule has 1 saturated heterocycles. The van der Waals surface area contributed by atoms with Crippen LogP contribution in [0, 0.1) is 0 Å². The molecule has 0 spiro atoms. The van der Waals surface area contributed by atoms with Crippen molar-refractivity contribution in [3.63, 3.8) is 0 Å². The van der Waals surface area contributed by atoms with Crippen LogP contribution in [0.2, 0.25) is 0 Å². The van der Waals surface area contributed by atoms with Crippen molar-refractivity contribution >= 4 is 11.9 Å². The zero-order chi connectivity index (χ0) is 14.8. The summed E-state index contributed by atoms with van der Waals surface area (Å²) in [4.78, 5) is 17.8. The van der Waals surface area contributed by atoms with Crippen LogP contribution < -0.4 is 10.2 Å². The van der Waals surface area contributed by atoms with Crippen molar-refractivity contribution in [2.45, 2.75) is 12.5 Å². The lowest BCUT2D eigenvalue weighted by molar-refractivity contribution is 0.315. The first kappa shape index (κ1) is 13.7. The van der Waals surface area contributed by atoms with Gasteiger partial charge < -0.3 is 15.1 Å². The molecule has 1 aliphatic rings. The molecule has 0 aliphatic carbocycles. The number of nitrogens with one attached hydrogen (secondary N) is 1. The van der Waals surface area contributed by atoms with E-state index >= 15 is 0 Å². The maximum atomic E-state index is 4.55. The van der Waals surface area contributed by atoms with Gasteiger partial charge in [-0.2, -0.15) is 20.1 Å². The smallest absolute Gasteiger partial charge is 0.257 e. The minimum atomic E-state index is 0.530. The molecule has 1 atom stereocenters. The third-order valence-corrected chi connectivity index (χ3v) is 3.72. The Bertz CT molecular complexity index is 594. The van der Waals surface area contributed by atoms with Crippen molar-refractivity contribution in [2.75, 3.05) is 44.4 Å². The maximum absolute atomic E-state index is 4.55. The third-order valence-electron chi connectivity index (χ3n) is 3.72. The van der Waals surface area contributed by atoms with Crippen LogP contribution in [0.15, 0.2) is 18.5 Å².